The smallest absolute Gasteiger partial charge is 0.00669 e. The first kappa shape index (κ1) is 13.0. The van der Waals surface area contributed by atoms with Gasteiger partial charge in [-0.1, -0.05) is 13.3 Å². The van der Waals surface area contributed by atoms with Gasteiger partial charge in [0, 0.05) is 12.1 Å². The highest BCUT2D eigenvalue weighted by Gasteiger charge is 2.16. The molecule has 0 aliphatic carbocycles. The van der Waals surface area contributed by atoms with Gasteiger partial charge in [0.1, 0.15) is 0 Å². The molecule has 0 bridgehead atoms. The highest BCUT2D eigenvalue weighted by Crippen LogP contribution is 2.15. The van der Waals surface area contributed by atoms with Gasteiger partial charge in [0.05, 0.1) is 0 Å². The average molecular weight is 212 g/mol. The fraction of sp³-hybridized carbons (Fsp3) is 1.00. The molecule has 0 aromatic rings. The molecule has 90 valence electrons. The van der Waals surface area contributed by atoms with Gasteiger partial charge in [-0.25, -0.2) is 0 Å². The van der Waals surface area contributed by atoms with E-state index in [1.54, 1.807) is 0 Å². The first-order chi connectivity index (χ1) is 7.24. The van der Waals surface area contributed by atoms with Gasteiger partial charge in [-0.15, -0.1) is 0 Å². The van der Waals surface area contributed by atoms with E-state index >= 15 is 0 Å². The minimum absolute atomic E-state index is 0.684. The van der Waals surface area contributed by atoms with Crippen LogP contribution in [0.5, 0.6) is 0 Å². The molecule has 1 N–H and O–H groups in total. The summed E-state index contributed by atoms with van der Waals surface area (Å²) in [4.78, 5) is 2.65. The fourth-order valence-corrected chi connectivity index (χ4v) is 2.26. The Kier molecular flexibility index (Phi) is 6.26. The van der Waals surface area contributed by atoms with Gasteiger partial charge in [0.2, 0.25) is 0 Å². The maximum absolute atomic E-state index is 3.56. The van der Waals surface area contributed by atoms with Crippen molar-refractivity contribution in [2.24, 2.45) is 0 Å². The van der Waals surface area contributed by atoms with Crippen molar-refractivity contribution in [2.75, 3.05) is 19.6 Å². The summed E-state index contributed by atoms with van der Waals surface area (Å²) >= 11 is 0. The van der Waals surface area contributed by atoms with Crippen LogP contribution < -0.4 is 5.32 Å². The normalized spacial score (nSPS) is 25.4. The SMILES string of the molecule is CCC(C)NCCCN1CCCCC1C. The van der Waals surface area contributed by atoms with Crippen molar-refractivity contribution >= 4 is 0 Å². The third kappa shape index (κ3) is 4.98. The zero-order valence-corrected chi connectivity index (χ0v) is 10.8. The largest absolute Gasteiger partial charge is 0.314 e. The van der Waals surface area contributed by atoms with E-state index in [9.17, 15) is 0 Å². The highest BCUT2D eigenvalue weighted by atomic mass is 15.2. The van der Waals surface area contributed by atoms with Gasteiger partial charge in [0.25, 0.3) is 0 Å². The first-order valence-corrected chi connectivity index (χ1v) is 6.71. The second kappa shape index (κ2) is 7.24. The molecule has 0 aromatic heterocycles. The van der Waals surface area contributed by atoms with E-state index < -0.39 is 0 Å². The van der Waals surface area contributed by atoms with E-state index in [0.29, 0.717) is 6.04 Å². The molecule has 0 radical (unpaired) electrons. The van der Waals surface area contributed by atoms with E-state index in [4.69, 9.17) is 0 Å². The predicted molar refractivity (Wildman–Crippen MR) is 67.3 cm³/mol. The predicted octanol–water partition coefficient (Wildman–Crippen LogP) is 2.64. The molecule has 2 nitrogen and oxygen atoms in total. The van der Waals surface area contributed by atoms with Crippen LogP contribution in [0.15, 0.2) is 0 Å². The molecule has 0 saturated carbocycles. The van der Waals surface area contributed by atoms with Crippen molar-refractivity contribution in [2.45, 2.75) is 65.0 Å². The average Bonchev–Trinajstić information content (AvgIpc) is 2.26. The molecular formula is C13H28N2. The summed E-state index contributed by atoms with van der Waals surface area (Å²) in [5.74, 6) is 0. The maximum Gasteiger partial charge on any atom is 0.00669 e. The molecule has 1 aliphatic heterocycles. The molecule has 1 aliphatic rings. The third-order valence-corrected chi connectivity index (χ3v) is 3.67. The van der Waals surface area contributed by atoms with Crippen LogP contribution in [0.1, 0.15) is 52.9 Å². The zero-order chi connectivity index (χ0) is 11.1. The van der Waals surface area contributed by atoms with Gasteiger partial charge >= 0.3 is 0 Å². The molecule has 15 heavy (non-hydrogen) atoms. The van der Waals surface area contributed by atoms with E-state index in [0.717, 1.165) is 6.04 Å². The summed E-state index contributed by atoms with van der Waals surface area (Å²) in [6, 6.07) is 1.51. The molecule has 1 heterocycles. The molecule has 2 atom stereocenters. The van der Waals surface area contributed by atoms with E-state index in [-0.39, 0.29) is 0 Å². The van der Waals surface area contributed by atoms with Gasteiger partial charge in [0.15, 0.2) is 0 Å². The van der Waals surface area contributed by atoms with Crippen LogP contribution in [0.25, 0.3) is 0 Å². The van der Waals surface area contributed by atoms with Crippen LogP contribution in [0.2, 0.25) is 0 Å². The van der Waals surface area contributed by atoms with Crippen molar-refractivity contribution < 1.29 is 0 Å². The number of likely N-dealkylation sites (tertiary alicyclic amines) is 1. The summed E-state index contributed by atoms with van der Waals surface area (Å²) in [7, 11) is 0. The number of nitrogens with zero attached hydrogens (tertiary/aromatic N) is 1. The molecule has 2 heteroatoms. The molecule has 0 aromatic carbocycles. The van der Waals surface area contributed by atoms with Crippen molar-refractivity contribution in [3.8, 4) is 0 Å². The Balaban J connectivity index is 2.03. The summed E-state index contributed by atoms with van der Waals surface area (Å²) < 4.78 is 0. The van der Waals surface area contributed by atoms with Crippen LogP contribution in [0.4, 0.5) is 0 Å². The second-order valence-corrected chi connectivity index (χ2v) is 5.00. The summed E-state index contributed by atoms with van der Waals surface area (Å²) in [6.45, 7) is 10.7. The Morgan fingerprint density at radius 1 is 1.40 bits per heavy atom. The van der Waals surface area contributed by atoms with E-state index in [1.807, 2.05) is 0 Å². The van der Waals surface area contributed by atoms with Crippen LogP contribution >= 0.6 is 0 Å². The third-order valence-electron chi connectivity index (χ3n) is 3.67. The van der Waals surface area contributed by atoms with Crippen molar-refractivity contribution in [1.29, 1.82) is 0 Å². The molecule has 1 rings (SSSR count). The number of rotatable bonds is 6. The number of piperidine rings is 1. The Bertz CT molecular complexity index is 159. The minimum atomic E-state index is 0.684. The minimum Gasteiger partial charge on any atom is -0.314 e. The zero-order valence-electron chi connectivity index (χ0n) is 10.8. The number of nitrogens with one attached hydrogen (secondary N) is 1. The van der Waals surface area contributed by atoms with Crippen molar-refractivity contribution in [3.63, 3.8) is 0 Å². The lowest BCUT2D eigenvalue weighted by Crippen LogP contribution is -2.39. The highest BCUT2D eigenvalue weighted by molar-refractivity contribution is 4.73. The topological polar surface area (TPSA) is 15.3 Å². The van der Waals surface area contributed by atoms with Crippen molar-refractivity contribution in [3.05, 3.63) is 0 Å². The Hall–Kier alpha value is -0.0800. The quantitative estimate of drug-likeness (QED) is 0.681. The van der Waals surface area contributed by atoms with Crippen LogP contribution in [0.3, 0.4) is 0 Å². The summed E-state index contributed by atoms with van der Waals surface area (Å²) in [5, 5.41) is 3.56. The molecule has 0 amide bonds. The number of hydrogen-bond donors (Lipinski definition) is 1. The summed E-state index contributed by atoms with van der Waals surface area (Å²) in [5.41, 5.74) is 0. The Morgan fingerprint density at radius 2 is 2.20 bits per heavy atom. The van der Waals surface area contributed by atoms with Crippen LogP contribution in [-0.4, -0.2) is 36.6 Å². The van der Waals surface area contributed by atoms with Crippen LogP contribution in [0, 0.1) is 0 Å². The van der Waals surface area contributed by atoms with Gasteiger partial charge < -0.3 is 10.2 Å². The Morgan fingerprint density at radius 3 is 2.87 bits per heavy atom. The Labute approximate surface area is 95.4 Å². The fourth-order valence-electron chi connectivity index (χ4n) is 2.26. The molecule has 2 unspecified atom stereocenters. The van der Waals surface area contributed by atoms with E-state index in [2.05, 4.69) is 31.0 Å². The van der Waals surface area contributed by atoms with Crippen LogP contribution in [-0.2, 0) is 0 Å². The van der Waals surface area contributed by atoms with Crippen molar-refractivity contribution in [1.82, 2.24) is 10.2 Å². The molecule has 0 spiro atoms. The van der Waals surface area contributed by atoms with Gasteiger partial charge in [-0.2, -0.15) is 0 Å². The lowest BCUT2D eigenvalue weighted by atomic mass is 10.0. The lowest BCUT2D eigenvalue weighted by molar-refractivity contribution is 0.158. The molecular weight excluding hydrogens is 184 g/mol. The molecule has 1 saturated heterocycles. The lowest BCUT2D eigenvalue weighted by Gasteiger charge is -2.33. The maximum atomic E-state index is 3.56. The first-order valence-electron chi connectivity index (χ1n) is 6.71. The number of hydrogen-bond acceptors (Lipinski definition) is 2. The van der Waals surface area contributed by atoms with Gasteiger partial charge in [-0.05, 0) is 59.2 Å². The van der Waals surface area contributed by atoms with E-state index in [1.165, 1.54) is 51.7 Å². The molecule has 1 fully saturated rings. The monoisotopic (exact) mass is 212 g/mol. The standard InChI is InChI=1S/C13H28N2/c1-4-12(2)14-9-7-11-15-10-6-5-8-13(15)3/h12-14H,4-11H2,1-3H3. The van der Waals surface area contributed by atoms with Gasteiger partial charge in [-0.3, -0.25) is 0 Å². The summed E-state index contributed by atoms with van der Waals surface area (Å²) in [6.07, 6.45) is 6.78. The second-order valence-electron chi connectivity index (χ2n) is 5.00.